The van der Waals surface area contributed by atoms with E-state index in [1.54, 1.807) is 6.20 Å². The average molecular weight is 363 g/mol. The highest BCUT2D eigenvalue weighted by atomic mass is 16.3. The molecule has 0 bridgehead atoms. The lowest BCUT2D eigenvalue weighted by molar-refractivity contribution is 0.276. The Morgan fingerprint density at radius 3 is 2.70 bits per heavy atom. The lowest BCUT2D eigenvalue weighted by Crippen LogP contribution is -2.48. The number of pyridine rings is 2. The van der Waals surface area contributed by atoms with E-state index in [4.69, 9.17) is 16.5 Å². The summed E-state index contributed by atoms with van der Waals surface area (Å²) >= 11 is 0. The fourth-order valence-corrected chi connectivity index (χ4v) is 3.70. The summed E-state index contributed by atoms with van der Waals surface area (Å²) in [5.41, 5.74) is 17.2. The van der Waals surface area contributed by atoms with Crippen LogP contribution in [0.2, 0.25) is 0 Å². The first kappa shape index (κ1) is 17.7. The van der Waals surface area contributed by atoms with Crippen LogP contribution in [0, 0.1) is 0 Å². The van der Waals surface area contributed by atoms with Crippen LogP contribution in [0.5, 0.6) is 0 Å². The van der Waals surface area contributed by atoms with Crippen LogP contribution in [0.15, 0.2) is 42.6 Å². The average Bonchev–Trinajstić information content (AvgIpc) is 2.67. The van der Waals surface area contributed by atoms with E-state index in [0.717, 1.165) is 53.8 Å². The Hall–Kier alpha value is -2.70. The third-order valence-corrected chi connectivity index (χ3v) is 5.37. The van der Waals surface area contributed by atoms with Crippen LogP contribution in [-0.4, -0.2) is 33.7 Å². The van der Waals surface area contributed by atoms with Crippen molar-refractivity contribution in [2.75, 3.05) is 23.7 Å². The third kappa shape index (κ3) is 3.46. The third-order valence-electron chi connectivity index (χ3n) is 5.37. The summed E-state index contributed by atoms with van der Waals surface area (Å²) in [7, 11) is 0. The molecule has 0 atom stereocenters. The van der Waals surface area contributed by atoms with Crippen molar-refractivity contribution in [1.82, 2.24) is 9.97 Å². The molecule has 140 valence electrons. The second-order valence-electron chi connectivity index (χ2n) is 7.60. The van der Waals surface area contributed by atoms with Crippen LogP contribution < -0.4 is 16.4 Å². The van der Waals surface area contributed by atoms with E-state index < -0.39 is 0 Å². The number of aliphatic hydroxyl groups excluding tert-OH is 1. The molecule has 0 amide bonds. The Bertz CT molecular complexity index is 975. The standard InChI is InChI=1S/C21H25N5O/c1-21(23)6-9-26(10-7-21)20-16(22)12-18(25-19(20)13-27)15-5-4-14-3-2-8-24-17(14)11-15/h2-5,8,11-12,27H,6-7,9-10,13,23H2,1H3,(H2,22,25). The van der Waals surface area contributed by atoms with Crippen LogP contribution in [0.3, 0.4) is 0 Å². The molecular weight excluding hydrogens is 338 g/mol. The van der Waals surface area contributed by atoms with E-state index in [0.29, 0.717) is 11.4 Å². The molecule has 0 spiro atoms. The zero-order valence-corrected chi connectivity index (χ0v) is 15.5. The molecule has 0 saturated carbocycles. The van der Waals surface area contributed by atoms with Crippen molar-refractivity contribution in [2.24, 2.45) is 5.73 Å². The lowest BCUT2D eigenvalue weighted by atomic mass is 9.90. The maximum absolute atomic E-state index is 9.94. The number of aromatic nitrogens is 2. The van der Waals surface area contributed by atoms with Crippen molar-refractivity contribution in [1.29, 1.82) is 0 Å². The van der Waals surface area contributed by atoms with E-state index >= 15 is 0 Å². The number of anilines is 2. The van der Waals surface area contributed by atoms with E-state index in [2.05, 4.69) is 16.8 Å². The van der Waals surface area contributed by atoms with Gasteiger partial charge in [0.15, 0.2) is 0 Å². The van der Waals surface area contributed by atoms with Gasteiger partial charge in [0.05, 0.1) is 34.9 Å². The largest absolute Gasteiger partial charge is 0.397 e. The van der Waals surface area contributed by atoms with E-state index in [1.807, 2.05) is 36.4 Å². The molecule has 4 rings (SSSR count). The number of nitrogen functional groups attached to an aromatic ring is 1. The molecule has 1 fully saturated rings. The molecule has 2 aromatic heterocycles. The second-order valence-corrected chi connectivity index (χ2v) is 7.60. The first-order valence-corrected chi connectivity index (χ1v) is 9.26. The van der Waals surface area contributed by atoms with Gasteiger partial charge in [0.1, 0.15) is 0 Å². The Kier molecular flexibility index (Phi) is 4.45. The van der Waals surface area contributed by atoms with Crippen LogP contribution in [0.25, 0.3) is 22.2 Å². The first-order chi connectivity index (χ1) is 13.0. The number of benzene rings is 1. The fraction of sp³-hybridized carbons (Fsp3) is 0.333. The van der Waals surface area contributed by atoms with Crippen molar-refractivity contribution in [3.05, 3.63) is 48.3 Å². The maximum Gasteiger partial charge on any atom is 0.0919 e. The van der Waals surface area contributed by atoms with Gasteiger partial charge in [-0.25, -0.2) is 4.98 Å². The van der Waals surface area contributed by atoms with Gasteiger partial charge in [-0.15, -0.1) is 0 Å². The number of aliphatic hydroxyl groups is 1. The second kappa shape index (κ2) is 6.79. The highest BCUT2D eigenvalue weighted by Gasteiger charge is 2.28. The van der Waals surface area contributed by atoms with Crippen LogP contribution in [0.1, 0.15) is 25.5 Å². The molecule has 27 heavy (non-hydrogen) atoms. The molecule has 0 unspecified atom stereocenters. The van der Waals surface area contributed by atoms with E-state index in [9.17, 15) is 5.11 Å². The van der Waals surface area contributed by atoms with Crippen LogP contribution >= 0.6 is 0 Å². The number of nitrogens with zero attached hydrogens (tertiary/aromatic N) is 3. The van der Waals surface area contributed by atoms with Crippen molar-refractivity contribution in [3.8, 4) is 11.3 Å². The maximum atomic E-state index is 9.94. The minimum atomic E-state index is -0.157. The fourth-order valence-electron chi connectivity index (χ4n) is 3.70. The molecule has 1 aliphatic heterocycles. The first-order valence-electron chi connectivity index (χ1n) is 9.26. The predicted octanol–water partition coefficient (Wildman–Crippen LogP) is 2.69. The number of nitrogens with two attached hydrogens (primary N) is 2. The smallest absolute Gasteiger partial charge is 0.0919 e. The molecule has 3 aromatic rings. The summed E-state index contributed by atoms with van der Waals surface area (Å²) in [5.74, 6) is 0. The molecule has 0 aliphatic carbocycles. The molecule has 1 aromatic carbocycles. The van der Waals surface area contributed by atoms with Crippen molar-refractivity contribution in [3.63, 3.8) is 0 Å². The van der Waals surface area contributed by atoms with Gasteiger partial charge in [-0.05, 0) is 38.0 Å². The van der Waals surface area contributed by atoms with Gasteiger partial charge >= 0.3 is 0 Å². The van der Waals surface area contributed by atoms with Crippen molar-refractivity contribution < 1.29 is 5.11 Å². The Balaban J connectivity index is 1.72. The molecule has 6 heteroatoms. The van der Waals surface area contributed by atoms with Gasteiger partial charge in [0, 0.05) is 35.8 Å². The Morgan fingerprint density at radius 1 is 1.19 bits per heavy atom. The number of fused-ring (bicyclic) bond motifs is 1. The van der Waals surface area contributed by atoms with Gasteiger partial charge in [-0.3, -0.25) is 4.98 Å². The minimum Gasteiger partial charge on any atom is -0.397 e. The van der Waals surface area contributed by atoms with Gasteiger partial charge in [0.25, 0.3) is 0 Å². The molecule has 5 N–H and O–H groups in total. The Labute approximate surface area is 158 Å². The summed E-state index contributed by atoms with van der Waals surface area (Å²) < 4.78 is 0. The summed E-state index contributed by atoms with van der Waals surface area (Å²) in [6.45, 7) is 3.54. The highest BCUT2D eigenvalue weighted by Crippen LogP contribution is 2.34. The molecule has 3 heterocycles. The topological polar surface area (TPSA) is 101 Å². The summed E-state index contributed by atoms with van der Waals surface area (Å²) in [6, 6.07) is 11.9. The van der Waals surface area contributed by atoms with Gasteiger partial charge < -0.3 is 21.5 Å². The van der Waals surface area contributed by atoms with Gasteiger partial charge in [-0.2, -0.15) is 0 Å². The number of rotatable bonds is 3. The van der Waals surface area contributed by atoms with E-state index in [-0.39, 0.29) is 12.1 Å². The number of hydrogen-bond donors (Lipinski definition) is 3. The SMILES string of the molecule is CC1(N)CCN(c2c(N)cc(-c3ccc4cccnc4c3)nc2CO)CC1. The van der Waals surface area contributed by atoms with Crippen LogP contribution in [-0.2, 0) is 6.61 Å². The van der Waals surface area contributed by atoms with Gasteiger partial charge in [-0.1, -0.05) is 18.2 Å². The molecular formula is C21H25N5O. The zero-order chi connectivity index (χ0) is 19.0. The quantitative estimate of drug-likeness (QED) is 0.661. The molecule has 1 aliphatic rings. The highest BCUT2D eigenvalue weighted by molar-refractivity contribution is 5.85. The summed E-state index contributed by atoms with van der Waals surface area (Å²) in [5, 5.41) is 11.0. The normalized spacial score (nSPS) is 16.6. The van der Waals surface area contributed by atoms with Crippen molar-refractivity contribution >= 4 is 22.3 Å². The van der Waals surface area contributed by atoms with Crippen molar-refractivity contribution in [2.45, 2.75) is 31.9 Å². The molecule has 0 radical (unpaired) electrons. The monoisotopic (exact) mass is 363 g/mol. The lowest BCUT2D eigenvalue weighted by Gasteiger charge is -2.39. The number of piperidine rings is 1. The summed E-state index contributed by atoms with van der Waals surface area (Å²) in [6.07, 6.45) is 3.54. The predicted molar refractivity (Wildman–Crippen MR) is 109 cm³/mol. The number of hydrogen-bond acceptors (Lipinski definition) is 6. The summed E-state index contributed by atoms with van der Waals surface area (Å²) in [4.78, 5) is 11.3. The molecule has 1 saturated heterocycles. The molecule has 6 nitrogen and oxygen atoms in total. The van der Waals surface area contributed by atoms with Crippen LogP contribution in [0.4, 0.5) is 11.4 Å². The minimum absolute atomic E-state index is 0.143. The van der Waals surface area contributed by atoms with Gasteiger partial charge in [0.2, 0.25) is 0 Å². The van der Waals surface area contributed by atoms with E-state index in [1.165, 1.54) is 0 Å². The Morgan fingerprint density at radius 2 is 1.96 bits per heavy atom. The zero-order valence-electron chi connectivity index (χ0n) is 15.5.